The highest BCUT2D eigenvalue weighted by molar-refractivity contribution is 5.96. The van der Waals surface area contributed by atoms with Gasteiger partial charge in [-0.25, -0.2) is 4.79 Å². The summed E-state index contributed by atoms with van der Waals surface area (Å²) < 4.78 is 5.52. The summed E-state index contributed by atoms with van der Waals surface area (Å²) in [6.45, 7) is 0.913. The molecule has 26 heavy (non-hydrogen) atoms. The molecule has 1 saturated heterocycles. The average Bonchev–Trinajstić information content (AvgIpc) is 2.93. The molecule has 1 amide bonds. The predicted octanol–water partition coefficient (Wildman–Crippen LogP) is 4.84. The maximum absolute atomic E-state index is 12.6. The Morgan fingerprint density at radius 1 is 0.923 bits per heavy atom. The molecule has 0 radical (unpaired) electrons. The average molecular weight is 351 g/mol. The maximum Gasteiger partial charge on any atom is 0.410 e. The first-order valence-electron chi connectivity index (χ1n) is 9.29. The lowest BCUT2D eigenvalue weighted by atomic mass is 10.00. The van der Waals surface area contributed by atoms with Gasteiger partial charge in [0.2, 0.25) is 0 Å². The molecule has 0 spiro atoms. The van der Waals surface area contributed by atoms with Crippen LogP contribution in [-0.2, 0) is 11.3 Å². The van der Waals surface area contributed by atoms with Crippen LogP contribution in [0.25, 0.3) is 0 Å². The molecule has 0 N–H and O–H groups in total. The molecular formula is C22H25NO3. The Morgan fingerprint density at radius 3 is 2.35 bits per heavy atom. The molecule has 1 atom stereocenters. The molecule has 3 rings (SSSR count). The zero-order valence-corrected chi connectivity index (χ0v) is 15.0. The number of ketones is 1. The Kier molecular flexibility index (Phi) is 6.42. The number of carbonyl (C=O) groups excluding carboxylic acids is 2. The predicted molar refractivity (Wildman–Crippen MR) is 101 cm³/mol. The molecule has 1 heterocycles. The van der Waals surface area contributed by atoms with Gasteiger partial charge in [0.15, 0.2) is 5.78 Å². The van der Waals surface area contributed by atoms with Crippen molar-refractivity contribution in [1.82, 2.24) is 4.90 Å². The third-order valence-corrected chi connectivity index (χ3v) is 4.83. The molecule has 2 aromatic carbocycles. The van der Waals surface area contributed by atoms with Crippen LogP contribution in [0.3, 0.4) is 0 Å². The monoisotopic (exact) mass is 351 g/mol. The van der Waals surface area contributed by atoms with E-state index < -0.39 is 0 Å². The van der Waals surface area contributed by atoms with E-state index in [-0.39, 0.29) is 24.5 Å². The minimum atomic E-state index is -0.318. The van der Waals surface area contributed by atoms with Gasteiger partial charge < -0.3 is 9.64 Å². The first-order valence-corrected chi connectivity index (χ1v) is 9.29. The number of likely N-dealkylation sites (tertiary alicyclic amines) is 1. The molecule has 4 nitrogen and oxygen atoms in total. The highest BCUT2D eigenvalue weighted by Crippen LogP contribution is 2.22. The summed E-state index contributed by atoms with van der Waals surface area (Å²) in [5.41, 5.74) is 1.67. The number of hydrogen-bond donors (Lipinski definition) is 0. The Hall–Kier alpha value is -2.62. The second kappa shape index (κ2) is 9.18. The van der Waals surface area contributed by atoms with Crippen LogP contribution in [0.1, 0.15) is 48.0 Å². The summed E-state index contributed by atoms with van der Waals surface area (Å²) in [6, 6.07) is 18.9. The fraction of sp³-hybridized carbons (Fsp3) is 0.364. The smallest absolute Gasteiger partial charge is 0.410 e. The van der Waals surface area contributed by atoms with Crippen LogP contribution < -0.4 is 0 Å². The molecule has 0 saturated carbocycles. The third kappa shape index (κ3) is 4.94. The molecule has 0 aromatic heterocycles. The summed E-state index contributed by atoms with van der Waals surface area (Å²) in [6.07, 6.45) is 3.95. The van der Waals surface area contributed by atoms with Crippen molar-refractivity contribution in [2.24, 2.45) is 0 Å². The minimum Gasteiger partial charge on any atom is -0.445 e. The lowest BCUT2D eigenvalue weighted by Crippen LogP contribution is -2.41. The molecule has 136 valence electrons. The largest absolute Gasteiger partial charge is 0.445 e. The first-order chi connectivity index (χ1) is 12.7. The molecule has 4 heteroatoms. The van der Waals surface area contributed by atoms with Gasteiger partial charge in [0, 0.05) is 24.6 Å². The van der Waals surface area contributed by atoms with E-state index in [1.165, 1.54) is 0 Å². The van der Waals surface area contributed by atoms with Crippen LogP contribution in [0.2, 0.25) is 0 Å². The number of amides is 1. The quantitative estimate of drug-likeness (QED) is 0.724. The number of hydrogen-bond acceptors (Lipinski definition) is 3. The van der Waals surface area contributed by atoms with Crippen molar-refractivity contribution in [3.8, 4) is 0 Å². The molecule has 0 bridgehead atoms. The normalized spacial score (nSPS) is 17.4. The van der Waals surface area contributed by atoms with E-state index in [2.05, 4.69) is 0 Å². The SMILES string of the molecule is O=C(CC1CCCCCN1C(=O)OCc1ccccc1)c1ccccc1. The van der Waals surface area contributed by atoms with Crippen LogP contribution in [-0.4, -0.2) is 29.4 Å². The Morgan fingerprint density at radius 2 is 1.62 bits per heavy atom. The standard InChI is InChI=1S/C22H25NO3/c24-21(19-12-6-2-7-13-19)16-20-14-8-3-9-15-23(20)22(25)26-17-18-10-4-1-5-11-18/h1-2,4-7,10-13,20H,3,8-9,14-17H2. The Labute approximate surface area is 154 Å². The number of Topliss-reactive ketones (excluding diaryl/α,β-unsaturated/α-hetero) is 1. The van der Waals surface area contributed by atoms with Crippen LogP contribution in [0.5, 0.6) is 0 Å². The van der Waals surface area contributed by atoms with Crippen molar-refractivity contribution in [3.05, 3.63) is 71.8 Å². The van der Waals surface area contributed by atoms with E-state index in [9.17, 15) is 9.59 Å². The molecule has 1 aliphatic heterocycles. The fourth-order valence-electron chi connectivity index (χ4n) is 3.39. The van der Waals surface area contributed by atoms with Crippen molar-refractivity contribution in [3.63, 3.8) is 0 Å². The first kappa shape index (κ1) is 18.2. The second-order valence-electron chi connectivity index (χ2n) is 6.73. The molecule has 2 aromatic rings. The fourth-order valence-corrected chi connectivity index (χ4v) is 3.39. The summed E-state index contributed by atoms with van der Waals surface area (Å²) in [5.74, 6) is 0.0818. The van der Waals surface area contributed by atoms with Crippen molar-refractivity contribution in [2.45, 2.75) is 44.8 Å². The number of carbonyl (C=O) groups is 2. The van der Waals surface area contributed by atoms with Crippen LogP contribution in [0.15, 0.2) is 60.7 Å². The Bertz CT molecular complexity index is 715. The lowest BCUT2D eigenvalue weighted by molar-refractivity contribution is 0.0742. The van der Waals surface area contributed by atoms with Gasteiger partial charge >= 0.3 is 6.09 Å². The molecule has 1 fully saturated rings. The lowest BCUT2D eigenvalue weighted by Gasteiger charge is -2.29. The van der Waals surface area contributed by atoms with Crippen molar-refractivity contribution in [2.75, 3.05) is 6.54 Å². The number of ether oxygens (including phenoxy) is 1. The van der Waals surface area contributed by atoms with E-state index in [1.807, 2.05) is 60.7 Å². The van der Waals surface area contributed by atoms with Gasteiger partial charge in [0.1, 0.15) is 6.61 Å². The summed E-state index contributed by atoms with van der Waals surface area (Å²) in [4.78, 5) is 27.0. The number of rotatable bonds is 5. The van der Waals surface area contributed by atoms with Gasteiger partial charge in [-0.3, -0.25) is 4.79 Å². The van der Waals surface area contributed by atoms with E-state index >= 15 is 0 Å². The van der Waals surface area contributed by atoms with Crippen molar-refractivity contribution >= 4 is 11.9 Å². The van der Waals surface area contributed by atoms with Gasteiger partial charge in [-0.2, -0.15) is 0 Å². The van der Waals surface area contributed by atoms with Crippen molar-refractivity contribution in [1.29, 1.82) is 0 Å². The molecule has 1 unspecified atom stereocenters. The second-order valence-corrected chi connectivity index (χ2v) is 6.73. The summed E-state index contributed by atoms with van der Waals surface area (Å²) in [5, 5.41) is 0. The van der Waals surface area contributed by atoms with Crippen LogP contribution in [0.4, 0.5) is 4.79 Å². The zero-order chi connectivity index (χ0) is 18.2. The number of nitrogens with zero attached hydrogens (tertiary/aromatic N) is 1. The van der Waals surface area contributed by atoms with E-state index in [4.69, 9.17) is 4.74 Å². The highest BCUT2D eigenvalue weighted by atomic mass is 16.6. The van der Waals surface area contributed by atoms with Crippen molar-refractivity contribution < 1.29 is 14.3 Å². The minimum absolute atomic E-state index is 0.0818. The molecule has 0 aliphatic carbocycles. The Balaban J connectivity index is 1.64. The highest BCUT2D eigenvalue weighted by Gasteiger charge is 2.28. The van der Waals surface area contributed by atoms with Gasteiger partial charge in [0.25, 0.3) is 0 Å². The molecule has 1 aliphatic rings. The van der Waals surface area contributed by atoms with E-state index in [1.54, 1.807) is 4.90 Å². The molecular weight excluding hydrogens is 326 g/mol. The summed E-state index contributed by atoms with van der Waals surface area (Å²) >= 11 is 0. The summed E-state index contributed by atoms with van der Waals surface area (Å²) in [7, 11) is 0. The zero-order valence-electron chi connectivity index (χ0n) is 15.0. The topological polar surface area (TPSA) is 46.6 Å². The van der Waals surface area contributed by atoms with Crippen LogP contribution >= 0.6 is 0 Å². The van der Waals surface area contributed by atoms with Gasteiger partial charge in [-0.05, 0) is 18.4 Å². The maximum atomic E-state index is 12.6. The van der Waals surface area contributed by atoms with Gasteiger partial charge in [0.05, 0.1) is 0 Å². The van der Waals surface area contributed by atoms with E-state index in [0.717, 1.165) is 31.2 Å². The van der Waals surface area contributed by atoms with E-state index in [0.29, 0.717) is 18.5 Å². The third-order valence-electron chi connectivity index (χ3n) is 4.83. The number of benzene rings is 2. The van der Waals surface area contributed by atoms with Gasteiger partial charge in [-0.1, -0.05) is 73.5 Å². The van der Waals surface area contributed by atoms with Gasteiger partial charge in [-0.15, -0.1) is 0 Å². The van der Waals surface area contributed by atoms with Crippen LogP contribution in [0, 0.1) is 0 Å².